The highest BCUT2D eigenvalue weighted by Crippen LogP contribution is 2.28. The molecule has 1 atom stereocenters. The first kappa shape index (κ1) is 15.3. The third-order valence-corrected chi connectivity index (χ3v) is 3.62. The quantitative estimate of drug-likeness (QED) is 0.918. The minimum Gasteiger partial charge on any atom is -0.497 e. The fraction of sp³-hybridized carbons (Fsp3) is 0.353. The Labute approximate surface area is 125 Å². The van der Waals surface area contributed by atoms with E-state index in [4.69, 9.17) is 9.47 Å². The van der Waals surface area contributed by atoms with Crippen LogP contribution in [-0.4, -0.2) is 24.3 Å². The Balaban J connectivity index is 2.25. The maximum absolute atomic E-state index is 10.4. The van der Waals surface area contributed by atoms with E-state index >= 15 is 0 Å². The van der Waals surface area contributed by atoms with Crippen molar-refractivity contribution in [2.45, 2.75) is 26.4 Å². The lowest BCUT2D eigenvalue weighted by atomic mass is 10.0. The summed E-state index contributed by atoms with van der Waals surface area (Å²) < 4.78 is 10.6. The van der Waals surface area contributed by atoms with E-state index < -0.39 is 6.10 Å². The monoisotopic (exact) mass is 287 g/mol. The molecule has 1 N–H and O–H groups in total. The molecule has 0 bridgehead atoms. The molecule has 21 heavy (non-hydrogen) atoms. The summed E-state index contributed by atoms with van der Waals surface area (Å²) in [5, 5.41) is 10.4. The molecule has 0 aliphatic carbocycles. The number of ether oxygens (including phenoxy) is 2. The molecule has 0 saturated carbocycles. The molecule has 0 fully saturated rings. The molecule has 1 unspecified atom stereocenters. The van der Waals surface area contributed by atoms with Crippen molar-refractivity contribution in [2.24, 2.45) is 0 Å². The molecule has 0 aliphatic heterocycles. The highest BCUT2D eigenvalue weighted by molar-refractivity contribution is 5.41. The molecule has 0 amide bonds. The Kier molecular flexibility index (Phi) is 4.81. The maximum atomic E-state index is 10.4. The van der Waals surface area contributed by atoms with Crippen LogP contribution in [0.5, 0.6) is 11.5 Å². The van der Waals surface area contributed by atoms with Crippen molar-refractivity contribution in [3.63, 3.8) is 0 Å². The predicted octanol–water partition coefficient (Wildman–Crippen LogP) is 2.99. The first-order valence-corrected chi connectivity index (χ1v) is 6.88. The lowest BCUT2D eigenvalue weighted by molar-refractivity contribution is 0.176. The molecule has 0 radical (unpaired) electrons. The Morgan fingerprint density at radius 2 is 1.95 bits per heavy atom. The lowest BCUT2D eigenvalue weighted by Crippen LogP contribution is -2.07. The highest BCUT2D eigenvalue weighted by atomic mass is 16.5. The summed E-state index contributed by atoms with van der Waals surface area (Å²) in [7, 11) is 3.26. The number of methoxy groups -OCH3 is 2. The fourth-order valence-electron chi connectivity index (χ4n) is 2.43. The number of aryl methyl sites for hydroxylation is 1. The van der Waals surface area contributed by atoms with E-state index in [1.165, 1.54) is 0 Å². The molecule has 0 spiro atoms. The van der Waals surface area contributed by atoms with Gasteiger partial charge in [-0.05, 0) is 31.5 Å². The van der Waals surface area contributed by atoms with Gasteiger partial charge in [0.1, 0.15) is 11.5 Å². The molecule has 4 nitrogen and oxygen atoms in total. The van der Waals surface area contributed by atoms with Gasteiger partial charge in [-0.3, -0.25) is 4.98 Å². The Morgan fingerprint density at radius 3 is 2.62 bits per heavy atom. The van der Waals surface area contributed by atoms with Crippen LogP contribution in [-0.2, 0) is 6.42 Å². The van der Waals surface area contributed by atoms with E-state index in [2.05, 4.69) is 4.98 Å². The number of aromatic nitrogens is 1. The van der Waals surface area contributed by atoms with Crippen molar-refractivity contribution in [1.82, 2.24) is 4.98 Å². The van der Waals surface area contributed by atoms with Gasteiger partial charge >= 0.3 is 0 Å². The number of aliphatic hydroxyl groups is 1. The minimum atomic E-state index is -0.626. The highest BCUT2D eigenvalue weighted by Gasteiger charge is 2.15. The third-order valence-electron chi connectivity index (χ3n) is 3.62. The molecule has 4 heteroatoms. The third kappa shape index (κ3) is 3.34. The summed E-state index contributed by atoms with van der Waals surface area (Å²) in [5.41, 5.74) is 3.62. The SMILES string of the molecule is COc1cccc(C(O)Cc2ncc(C)c(OC)c2C)c1. The molecule has 1 aromatic carbocycles. The van der Waals surface area contributed by atoms with Crippen LogP contribution in [0.4, 0.5) is 0 Å². The van der Waals surface area contributed by atoms with Crippen molar-refractivity contribution >= 4 is 0 Å². The number of benzene rings is 1. The van der Waals surface area contributed by atoms with Crippen LogP contribution < -0.4 is 9.47 Å². The van der Waals surface area contributed by atoms with Gasteiger partial charge in [0.2, 0.25) is 0 Å². The van der Waals surface area contributed by atoms with E-state index in [9.17, 15) is 5.11 Å². The molecule has 112 valence electrons. The van der Waals surface area contributed by atoms with Gasteiger partial charge in [-0.2, -0.15) is 0 Å². The largest absolute Gasteiger partial charge is 0.497 e. The average Bonchev–Trinajstić information content (AvgIpc) is 2.50. The van der Waals surface area contributed by atoms with Crippen molar-refractivity contribution in [1.29, 1.82) is 0 Å². The van der Waals surface area contributed by atoms with E-state index in [0.717, 1.165) is 33.9 Å². The van der Waals surface area contributed by atoms with Crippen LogP contribution in [0.25, 0.3) is 0 Å². The van der Waals surface area contributed by atoms with Crippen LogP contribution in [0.3, 0.4) is 0 Å². The molecule has 2 rings (SSSR count). The number of rotatable bonds is 5. The van der Waals surface area contributed by atoms with Crippen LogP contribution in [0.2, 0.25) is 0 Å². The first-order valence-electron chi connectivity index (χ1n) is 6.88. The van der Waals surface area contributed by atoms with E-state index in [0.29, 0.717) is 6.42 Å². The van der Waals surface area contributed by atoms with Gasteiger partial charge in [-0.25, -0.2) is 0 Å². The maximum Gasteiger partial charge on any atom is 0.128 e. The summed E-state index contributed by atoms with van der Waals surface area (Å²) >= 11 is 0. The summed E-state index contributed by atoms with van der Waals surface area (Å²) in [6.07, 6.45) is 1.59. The van der Waals surface area contributed by atoms with Crippen molar-refractivity contribution in [3.8, 4) is 11.5 Å². The number of aliphatic hydroxyl groups excluding tert-OH is 1. The van der Waals surface area contributed by atoms with Crippen molar-refractivity contribution in [3.05, 3.63) is 52.8 Å². The fourth-order valence-corrected chi connectivity index (χ4v) is 2.43. The van der Waals surface area contributed by atoms with Crippen LogP contribution in [0.1, 0.15) is 28.5 Å². The molecular formula is C17H21NO3. The topological polar surface area (TPSA) is 51.6 Å². The minimum absolute atomic E-state index is 0.440. The normalized spacial score (nSPS) is 12.0. The zero-order valence-corrected chi connectivity index (χ0v) is 12.9. The number of pyridine rings is 1. The van der Waals surface area contributed by atoms with E-state index in [1.807, 2.05) is 38.1 Å². The zero-order chi connectivity index (χ0) is 15.4. The standard InChI is InChI=1S/C17H21NO3/c1-11-10-18-15(12(2)17(11)21-4)9-16(19)13-6-5-7-14(8-13)20-3/h5-8,10,16,19H,9H2,1-4H3. The molecule has 1 aromatic heterocycles. The Hall–Kier alpha value is -2.07. The second kappa shape index (κ2) is 6.59. The summed E-state index contributed by atoms with van der Waals surface area (Å²) in [6, 6.07) is 7.45. The molecule has 1 heterocycles. The number of hydrogen-bond acceptors (Lipinski definition) is 4. The first-order chi connectivity index (χ1) is 10.1. The van der Waals surface area contributed by atoms with Gasteiger partial charge in [0.15, 0.2) is 0 Å². The van der Waals surface area contributed by atoms with Crippen LogP contribution >= 0.6 is 0 Å². The van der Waals surface area contributed by atoms with Crippen LogP contribution in [0, 0.1) is 13.8 Å². The average molecular weight is 287 g/mol. The summed E-state index contributed by atoms with van der Waals surface area (Å²) in [6.45, 7) is 3.92. The summed E-state index contributed by atoms with van der Waals surface area (Å²) in [5.74, 6) is 1.57. The van der Waals surface area contributed by atoms with E-state index in [1.54, 1.807) is 20.4 Å². The van der Waals surface area contributed by atoms with E-state index in [-0.39, 0.29) is 0 Å². The smallest absolute Gasteiger partial charge is 0.128 e. The number of hydrogen-bond donors (Lipinski definition) is 1. The van der Waals surface area contributed by atoms with Gasteiger partial charge in [0.05, 0.1) is 20.3 Å². The predicted molar refractivity (Wildman–Crippen MR) is 81.9 cm³/mol. The summed E-state index contributed by atoms with van der Waals surface area (Å²) in [4.78, 5) is 4.42. The van der Waals surface area contributed by atoms with Gasteiger partial charge in [-0.15, -0.1) is 0 Å². The Morgan fingerprint density at radius 1 is 1.19 bits per heavy atom. The zero-order valence-electron chi connectivity index (χ0n) is 12.9. The molecule has 0 saturated heterocycles. The van der Waals surface area contributed by atoms with Crippen LogP contribution in [0.15, 0.2) is 30.5 Å². The van der Waals surface area contributed by atoms with Crippen molar-refractivity contribution in [2.75, 3.05) is 14.2 Å². The Bertz CT molecular complexity index is 625. The molecular weight excluding hydrogens is 266 g/mol. The van der Waals surface area contributed by atoms with Gasteiger partial charge in [0, 0.05) is 29.4 Å². The van der Waals surface area contributed by atoms with Gasteiger partial charge in [0.25, 0.3) is 0 Å². The second-order valence-electron chi connectivity index (χ2n) is 5.04. The van der Waals surface area contributed by atoms with Gasteiger partial charge < -0.3 is 14.6 Å². The van der Waals surface area contributed by atoms with Crippen molar-refractivity contribution < 1.29 is 14.6 Å². The lowest BCUT2D eigenvalue weighted by Gasteiger charge is -2.16. The second-order valence-corrected chi connectivity index (χ2v) is 5.04. The van der Waals surface area contributed by atoms with Gasteiger partial charge in [-0.1, -0.05) is 12.1 Å². The molecule has 0 aliphatic rings. The number of nitrogens with zero attached hydrogens (tertiary/aromatic N) is 1. The molecule has 2 aromatic rings.